The van der Waals surface area contributed by atoms with E-state index in [2.05, 4.69) is 43.5 Å². The zero-order valence-corrected chi connectivity index (χ0v) is 55.0. The molecule has 0 heterocycles. The van der Waals surface area contributed by atoms with Crippen LogP contribution < -0.4 is 5.32 Å². The maximum atomic E-state index is 12.5. The van der Waals surface area contributed by atoms with Gasteiger partial charge in [0, 0.05) is 12.8 Å². The summed E-state index contributed by atoms with van der Waals surface area (Å²) in [5, 5.41) is 23.4. The van der Waals surface area contributed by atoms with Crippen LogP contribution in [-0.4, -0.2) is 47.4 Å². The Kier molecular flexibility index (Phi) is 69.4. The largest absolute Gasteiger partial charge is 0.466 e. The van der Waals surface area contributed by atoms with Gasteiger partial charge in [0.05, 0.1) is 25.4 Å². The normalized spacial score (nSPS) is 12.6. The monoisotopic (exact) mass is 1140 g/mol. The van der Waals surface area contributed by atoms with Crippen molar-refractivity contribution in [2.75, 3.05) is 13.2 Å². The van der Waals surface area contributed by atoms with E-state index in [1.165, 1.54) is 340 Å². The number of hydrogen-bond donors (Lipinski definition) is 3. The number of carbonyl (C=O) groups excluding carboxylic acids is 2. The Bertz CT molecular complexity index is 1270. The van der Waals surface area contributed by atoms with Gasteiger partial charge in [-0.15, -0.1) is 0 Å². The lowest BCUT2D eigenvalue weighted by Crippen LogP contribution is -2.45. The van der Waals surface area contributed by atoms with E-state index in [4.69, 9.17) is 4.74 Å². The first-order chi connectivity index (χ1) is 40.0. The Hall–Kier alpha value is -1.66. The molecule has 480 valence electrons. The third-order valence-electron chi connectivity index (χ3n) is 17.5. The summed E-state index contributed by atoms with van der Waals surface area (Å²) in [7, 11) is 0. The molecule has 0 saturated carbocycles. The third-order valence-corrected chi connectivity index (χ3v) is 17.5. The standard InChI is InChI=1S/C75H145NO5/c1-3-5-7-9-11-13-15-17-19-36-39-43-47-51-55-59-63-67-73(78)72(71-77)76-74(79)68-64-60-56-52-48-44-40-37-34-32-30-28-26-24-22-21-23-25-27-29-31-33-35-38-42-46-50-54-58-62-66-70-81-75(80)69-65-61-57-53-49-45-41-20-18-16-14-12-10-8-6-4-2/h20,23,25,41,72-73,77-78H,3-19,21-22,24,26-40,42-71H2,1-2H3,(H,76,79)/b25-23-,41-20-. The first kappa shape index (κ1) is 79.3. The number of rotatable bonds is 70. The summed E-state index contributed by atoms with van der Waals surface area (Å²) in [6, 6.07) is -0.540. The Morgan fingerprint density at radius 2 is 0.580 bits per heavy atom. The van der Waals surface area contributed by atoms with Crippen LogP contribution in [0.1, 0.15) is 418 Å². The fourth-order valence-corrected chi connectivity index (χ4v) is 11.8. The summed E-state index contributed by atoms with van der Waals surface area (Å²) in [6.07, 6.45) is 89.6. The third kappa shape index (κ3) is 67.3. The van der Waals surface area contributed by atoms with Gasteiger partial charge in [0.1, 0.15) is 0 Å². The molecule has 0 rings (SSSR count). The molecule has 0 aliphatic carbocycles. The summed E-state index contributed by atoms with van der Waals surface area (Å²) >= 11 is 0. The number of aliphatic hydroxyl groups is 2. The van der Waals surface area contributed by atoms with Gasteiger partial charge >= 0.3 is 5.97 Å². The molecule has 81 heavy (non-hydrogen) atoms. The quantitative estimate of drug-likeness (QED) is 0.0320. The maximum absolute atomic E-state index is 12.5. The van der Waals surface area contributed by atoms with Crippen molar-refractivity contribution in [3.63, 3.8) is 0 Å². The number of allylic oxidation sites excluding steroid dienone is 4. The van der Waals surface area contributed by atoms with Crippen molar-refractivity contribution in [3.8, 4) is 0 Å². The van der Waals surface area contributed by atoms with Crippen LogP contribution in [0.3, 0.4) is 0 Å². The second kappa shape index (κ2) is 70.8. The van der Waals surface area contributed by atoms with Gasteiger partial charge in [0.2, 0.25) is 5.91 Å². The highest BCUT2D eigenvalue weighted by atomic mass is 16.5. The minimum atomic E-state index is -0.663. The molecule has 0 radical (unpaired) electrons. The molecule has 6 nitrogen and oxygen atoms in total. The van der Waals surface area contributed by atoms with Crippen LogP contribution >= 0.6 is 0 Å². The Morgan fingerprint density at radius 1 is 0.333 bits per heavy atom. The first-order valence-electron chi connectivity index (χ1n) is 37.1. The van der Waals surface area contributed by atoms with Gasteiger partial charge < -0.3 is 20.3 Å². The lowest BCUT2D eigenvalue weighted by atomic mass is 10.0. The minimum Gasteiger partial charge on any atom is -0.466 e. The van der Waals surface area contributed by atoms with Gasteiger partial charge in [0.25, 0.3) is 0 Å². The summed E-state index contributed by atoms with van der Waals surface area (Å²) in [5.41, 5.74) is 0. The van der Waals surface area contributed by atoms with E-state index in [0.717, 1.165) is 44.9 Å². The van der Waals surface area contributed by atoms with E-state index < -0.39 is 12.1 Å². The average molecular weight is 1140 g/mol. The molecule has 0 aliphatic rings. The fourth-order valence-electron chi connectivity index (χ4n) is 11.8. The van der Waals surface area contributed by atoms with Gasteiger partial charge in [-0.25, -0.2) is 0 Å². The second-order valence-electron chi connectivity index (χ2n) is 25.6. The van der Waals surface area contributed by atoms with Gasteiger partial charge in [-0.3, -0.25) is 9.59 Å². The minimum absolute atomic E-state index is 0.0111. The predicted octanol–water partition coefficient (Wildman–Crippen LogP) is 24.1. The summed E-state index contributed by atoms with van der Waals surface area (Å²) in [6.45, 7) is 4.99. The Balaban J connectivity index is 3.35. The first-order valence-corrected chi connectivity index (χ1v) is 37.1. The number of aliphatic hydroxyl groups excluding tert-OH is 2. The highest BCUT2D eigenvalue weighted by Crippen LogP contribution is 2.19. The molecule has 0 aliphatic heterocycles. The topological polar surface area (TPSA) is 95.9 Å². The highest BCUT2D eigenvalue weighted by Gasteiger charge is 2.20. The van der Waals surface area contributed by atoms with E-state index >= 15 is 0 Å². The van der Waals surface area contributed by atoms with Crippen LogP contribution in [0.2, 0.25) is 0 Å². The molecule has 6 heteroatoms. The molecule has 3 N–H and O–H groups in total. The molecule has 1 amide bonds. The van der Waals surface area contributed by atoms with Crippen molar-refractivity contribution >= 4 is 11.9 Å². The van der Waals surface area contributed by atoms with E-state index in [1.54, 1.807) is 0 Å². The average Bonchev–Trinajstić information content (AvgIpc) is 3.47. The maximum Gasteiger partial charge on any atom is 0.305 e. The fraction of sp³-hybridized carbons (Fsp3) is 0.920. The molecule has 0 saturated heterocycles. The molecule has 2 unspecified atom stereocenters. The van der Waals surface area contributed by atoms with Crippen molar-refractivity contribution in [2.24, 2.45) is 0 Å². The Labute approximate surface area is 507 Å². The molecule has 0 fully saturated rings. The van der Waals surface area contributed by atoms with Crippen LogP contribution in [-0.2, 0) is 14.3 Å². The lowest BCUT2D eigenvalue weighted by molar-refractivity contribution is -0.143. The van der Waals surface area contributed by atoms with Crippen LogP contribution in [0.5, 0.6) is 0 Å². The van der Waals surface area contributed by atoms with Gasteiger partial charge in [-0.1, -0.05) is 353 Å². The molecule has 0 aromatic rings. The molecule has 0 aromatic heterocycles. The number of hydrogen-bond acceptors (Lipinski definition) is 5. The number of amides is 1. The number of esters is 1. The number of carbonyl (C=O) groups is 2. The van der Waals surface area contributed by atoms with E-state index in [9.17, 15) is 19.8 Å². The van der Waals surface area contributed by atoms with Crippen LogP contribution in [0.15, 0.2) is 24.3 Å². The van der Waals surface area contributed by atoms with E-state index in [-0.39, 0.29) is 18.5 Å². The molecule has 0 aromatic carbocycles. The van der Waals surface area contributed by atoms with Crippen molar-refractivity contribution in [1.29, 1.82) is 0 Å². The SMILES string of the molecule is CCCCCCCCC/C=C\CCCCCCCC(=O)OCCCCCCCCCCCCCC/C=C\CCCCCCCCCCCCCCCCCC(=O)NC(CO)C(O)CCCCCCCCCCCCCCCCCCC. The predicted molar refractivity (Wildman–Crippen MR) is 356 cm³/mol. The van der Waals surface area contributed by atoms with Gasteiger partial charge in [-0.2, -0.15) is 0 Å². The van der Waals surface area contributed by atoms with Gasteiger partial charge in [-0.05, 0) is 77.0 Å². The summed E-state index contributed by atoms with van der Waals surface area (Å²) in [5.74, 6) is -0.0180. The van der Waals surface area contributed by atoms with Crippen molar-refractivity contribution in [2.45, 2.75) is 431 Å². The van der Waals surface area contributed by atoms with Crippen molar-refractivity contribution in [3.05, 3.63) is 24.3 Å². The second-order valence-corrected chi connectivity index (χ2v) is 25.6. The number of nitrogens with one attached hydrogen (secondary N) is 1. The summed E-state index contributed by atoms with van der Waals surface area (Å²) < 4.78 is 5.50. The van der Waals surface area contributed by atoms with E-state index in [0.29, 0.717) is 25.9 Å². The number of ether oxygens (including phenoxy) is 1. The highest BCUT2D eigenvalue weighted by molar-refractivity contribution is 5.76. The molecule has 0 spiro atoms. The summed E-state index contributed by atoms with van der Waals surface area (Å²) in [4.78, 5) is 24.6. The van der Waals surface area contributed by atoms with Crippen molar-refractivity contribution in [1.82, 2.24) is 5.32 Å². The molecule has 0 bridgehead atoms. The molecule has 2 atom stereocenters. The van der Waals surface area contributed by atoms with Crippen LogP contribution in [0.4, 0.5) is 0 Å². The Morgan fingerprint density at radius 3 is 0.877 bits per heavy atom. The zero-order chi connectivity index (χ0) is 58.5. The number of unbranched alkanes of at least 4 members (excludes halogenated alkanes) is 55. The zero-order valence-electron chi connectivity index (χ0n) is 55.0. The van der Waals surface area contributed by atoms with E-state index in [1.807, 2.05) is 0 Å². The molecular weight excluding hydrogens is 995 g/mol. The smallest absolute Gasteiger partial charge is 0.305 e. The van der Waals surface area contributed by atoms with Crippen LogP contribution in [0.25, 0.3) is 0 Å². The van der Waals surface area contributed by atoms with Crippen molar-refractivity contribution < 1.29 is 24.5 Å². The molecular formula is C75H145NO5. The van der Waals surface area contributed by atoms with Crippen LogP contribution in [0, 0.1) is 0 Å². The lowest BCUT2D eigenvalue weighted by Gasteiger charge is -2.22. The van der Waals surface area contributed by atoms with Gasteiger partial charge in [0.15, 0.2) is 0 Å².